The molecule has 1 aliphatic heterocycles. The lowest BCUT2D eigenvalue weighted by Gasteiger charge is -2.35. The van der Waals surface area contributed by atoms with E-state index in [1.165, 1.54) is 0 Å². The number of nitrogens with two attached hydrogens (primary N) is 1. The number of benzene rings is 2. The molecule has 1 aliphatic carbocycles. The average molecular weight is 295 g/mol. The van der Waals surface area contributed by atoms with E-state index >= 15 is 4.39 Å². The number of rotatable bonds is 3. The van der Waals surface area contributed by atoms with E-state index in [0.717, 1.165) is 18.5 Å². The van der Waals surface area contributed by atoms with Crippen LogP contribution in [-0.4, -0.2) is 12.2 Å². The predicted molar refractivity (Wildman–Crippen MR) is 85.1 cm³/mol. The molecule has 112 valence electrons. The zero-order valence-corrected chi connectivity index (χ0v) is 12.2. The maximum absolute atomic E-state index is 15.1. The topological polar surface area (TPSA) is 41.6 Å². The van der Waals surface area contributed by atoms with Crippen molar-refractivity contribution in [2.24, 2.45) is 16.6 Å². The number of anilines is 1. The Morgan fingerprint density at radius 1 is 1.05 bits per heavy atom. The van der Waals surface area contributed by atoms with Gasteiger partial charge in [-0.1, -0.05) is 30.3 Å². The van der Waals surface area contributed by atoms with E-state index in [4.69, 9.17) is 10.7 Å². The Morgan fingerprint density at radius 2 is 1.73 bits per heavy atom. The fourth-order valence-corrected chi connectivity index (χ4v) is 3.04. The molecule has 1 heterocycles. The molecule has 2 atom stereocenters. The van der Waals surface area contributed by atoms with Gasteiger partial charge in [-0.3, -0.25) is 9.89 Å². The van der Waals surface area contributed by atoms with Crippen LogP contribution in [0.15, 0.2) is 59.6 Å². The number of hydrogen-bond acceptors (Lipinski definition) is 3. The van der Waals surface area contributed by atoms with Crippen LogP contribution >= 0.6 is 0 Å². The maximum atomic E-state index is 15.1. The standard InChI is InChI=1S/C18H18FN3/c19-17-14-8-4-5-9-15(14)21-18(16(20)12-10-11-12)22(17)13-6-2-1-3-7-13/h1-9,12,16,18H,10-11,20H2/t16?,18-/m0/s1. The summed E-state index contributed by atoms with van der Waals surface area (Å²) < 4.78 is 15.1. The second kappa shape index (κ2) is 5.21. The van der Waals surface area contributed by atoms with E-state index in [-0.39, 0.29) is 18.2 Å². The first kappa shape index (κ1) is 13.5. The molecular formula is C18H18FN3. The summed E-state index contributed by atoms with van der Waals surface area (Å²) in [7, 11) is 0. The van der Waals surface area contributed by atoms with Crippen molar-refractivity contribution in [2.45, 2.75) is 25.0 Å². The van der Waals surface area contributed by atoms with E-state index < -0.39 is 0 Å². The van der Waals surface area contributed by atoms with Crippen molar-refractivity contribution in [3.05, 3.63) is 65.2 Å². The van der Waals surface area contributed by atoms with E-state index in [0.29, 0.717) is 16.5 Å². The Morgan fingerprint density at radius 3 is 2.45 bits per heavy atom. The van der Waals surface area contributed by atoms with Crippen molar-refractivity contribution < 1.29 is 4.39 Å². The van der Waals surface area contributed by atoms with Gasteiger partial charge in [0.25, 0.3) is 0 Å². The third kappa shape index (κ3) is 2.20. The lowest BCUT2D eigenvalue weighted by Crippen LogP contribution is -2.53. The summed E-state index contributed by atoms with van der Waals surface area (Å²) in [5, 5.41) is 1.22. The van der Waals surface area contributed by atoms with Crippen molar-refractivity contribution in [3.63, 3.8) is 0 Å². The fraction of sp³-hybridized carbons (Fsp3) is 0.278. The van der Waals surface area contributed by atoms with Gasteiger partial charge in [0.2, 0.25) is 5.95 Å². The largest absolute Gasteiger partial charge is 0.324 e. The lowest BCUT2D eigenvalue weighted by atomic mass is 10.1. The minimum absolute atomic E-state index is 0.153. The highest BCUT2D eigenvalue weighted by Gasteiger charge is 2.39. The van der Waals surface area contributed by atoms with Gasteiger partial charge >= 0.3 is 0 Å². The third-order valence-corrected chi connectivity index (χ3v) is 4.42. The maximum Gasteiger partial charge on any atom is 0.205 e. The van der Waals surface area contributed by atoms with Crippen LogP contribution in [0.5, 0.6) is 0 Å². The second-order valence-electron chi connectivity index (χ2n) is 5.97. The van der Waals surface area contributed by atoms with E-state index in [1.807, 2.05) is 48.5 Å². The zero-order chi connectivity index (χ0) is 15.1. The Hall–Kier alpha value is -2.20. The van der Waals surface area contributed by atoms with Gasteiger partial charge in [0.15, 0.2) is 0 Å². The Bertz CT molecular complexity index is 799. The molecule has 4 heteroatoms. The zero-order valence-electron chi connectivity index (χ0n) is 12.2. The summed E-state index contributed by atoms with van der Waals surface area (Å²) in [5.41, 5.74) is 7.18. The highest BCUT2D eigenvalue weighted by atomic mass is 19.1. The molecule has 0 saturated heterocycles. The molecule has 1 saturated carbocycles. The summed E-state index contributed by atoms with van der Waals surface area (Å²) in [6, 6.07) is 16.7. The normalized spacial score (nSPS) is 22.0. The monoisotopic (exact) mass is 295 g/mol. The molecular weight excluding hydrogens is 277 g/mol. The van der Waals surface area contributed by atoms with Gasteiger partial charge in [-0.25, -0.2) is 0 Å². The minimum atomic E-state index is -0.384. The van der Waals surface area contributed by atoms with Gasteiger partial charge in [-0.2, -0.15) is 4.39 Å². The van der Waals surface area contributed by atoms with Crippen LogP contribution in [0, 0.1) is 5.92 Å². The minimum Gasteiger partial charge on any atom is -0.324 e. The Balaban J connectivity index is 1.90. The number of nitrogens with zero attached hydrogens (tertiary/aromatic N) is 2. The molecule has 3 nitrogen and oxygen atoms in total. The van der Waals surface area contributed by atoms with Crippen molar-refractivity contribution in [1.29, 1.82) is 0 Å². The van der Waals surface area contributed by atoms with Crippen molar-refractivity contribution in [1.82, 2.24) is 0 Å². The van der Waals surface area contributed by atoms with Crippen LogP contribution in [0.25, 0.3) is 5.95 Å². The summed E-state index contributed by atoms with van der Waals surface area (Å²) >= 11 is 0. The molecule has 1 unspecified atom stereocenters. The quantitative estimate of drug-likeness (QED) is 0.879. The molecule has 2 N–H and O–H groups in total. The molecule has 0 aromatic heterocycles. The first-order chi connectivity index (χ1) is 10.8. The molecule has 4 rings (SSSR count). The first-order valence-corrected chi connectivity index (χ1v) is 7.68. The van der Waals surface area contributed by atoms with Gasteiger partial charge in [0.05, 0.1) is 10.6 Å². The molecule has 2 aromatic carbocycles. The third-order valence-electron chi connectivity index (χ3n) is 4.42. The summed E-state index contributed by atoms with van der Waals surface area (Å²) in [5.74, 6) is 0.177. The highest BCUT2D eigenvalue weighted by molar-refractivity contribution is 5.66. The van der Waals surface area contributed by atoms with Crippen molar-refractivity contribution in [2.75, 3.05) is 4.90 Å². The second-order valence-corrected chi connectivity index (χ2v) is 5.97. The smallest absolute Gasteiger partial charge is 0.205 e. The summed E-state index contributed by atoms with van der Waals surface area (Å²) in [4.78, 5) is 6.40. The Kier molecular flexibility index (Phi) is 3.19. The van der Waals surface area contributed by atoms with E-state index in [9.17, 15) is 0 Å². The van der Waals surface area contributed by atoms with Gasteiger partial charge in [0.1, 0.15) is 6.17 Å². The number of para-hydroxylation sites is 2. The molecule has 0 bridgehead atoms. The van der Waals surface area contributed by atoms with Gasteiger partial charge in [0, 0.05) is 11.7 Å². The van der Waals surface area contributed by atoms with Crippen molar-refractivity contribution in [3.8, 4) is 0 Å². The highest BCUT2D eigenvalue weighted by Crippen LogP contribution is 2.36. The van der Waals surface area contributed by atoms with E-state index in [1.54, 1.807) is 11.0 Å². The molecule has 2 aliphatic rings. The molecule has 0 spiro atoms. The van der Waals surface area contributed by atoms with E-state index in [2.05, 4.69) is 0 Å². The lowest BCUT2D eigenvalue weighted by molar-refractivity contribution is 0.455. The molecule has 0 amide bonds. The SMILES string of the molecule is NC(C1CC1)[C@H]1N=c2ccccc2=C(F)N1c1ccccc1. The number of hydrogen-bond donors (Lipinski definition) is 1. The van der Waals surface area contributed by atoms with Crippen LogP contribution in [-0.2, 0) is 0 Å². The van der Waals surface area contributed by atoms with Crippen molar-refractivity contribution >= 4 is 11.6 Å². The van der Waals surface area contributed by atoms with Gasteiger partial charge in [-0.05, 0) is 43.0 Å². The predicted octanol–water partition coefficient (Wildman–Crippen LogP) is 1.92. The Labute approximate surface area is 128 Å². The average Bonchev–Trinajstić information content (AvgIpc) is 3.40. The summed E-state index contributed by atoms with van der Waals surface area (Å²) in [6.45, 7) is 0. The van der Waals surface area contributed by atoms with Crippen LogP contribution < -0.4 is 21.2 Å². The molecule has 22 heavy (non-hydrogen) atoms. The molecule has 0 radical (unpaired) electrons. The van der Waals surface area contributed by atoms with Gasteiger partial charge < -0.3 is 5.73 Å². The number of fused-ring (bicyclic) bond motifs is 1. The number of halogens is 1. The molecule has 1 fully saturated rings. The molecule has 2 aromatic rings. The van der Waals surface area contributed by atoms with Gasteiger partial charge in [-0.15, -0.1) is 0 Å². The van der Waals surface area contributed by atoms with Crippen LogP contribution in [0.3, 0.4) is 0 Å². The summed E-state index contributed by atoms with van der Waals surface area (Å²) in [6.07, 6.45) is 1.84. The first-order valence-electron chi connectivity index (χ1n) is 7.68. The van der Waals surface area contributed by atoms with Crippen LogP contribution in [0.1, 0.15) is 12.8 Å². The van der Waals surface area contributed by atoms with Crippen LogP contribution in [0.2, 0.25) is 0 Å². The van der Waals surface area contributed by atoms with Crippen LogP contribution in [0.4, 0.5) is 10.1 Å². The fourth-order valence-electron chi connectivity index (χ4n) is 3.04.